The van der Waals surface area contributed by atoms with Gasteiger partial charge in [-0.25, -0.2) is 0 Å². The fourth-order valence-corrected chi connectivity index (χ4v) is 1.87. The van der Waals surface area contributed by atoms with Crippen LogP contribution in [0.25, 0.3) is 0 Å². The molecule has 100 valence electrons. The van der Waals surface area contributed by atoms with E-state index >= 15 is 0 Å². The van der Waals surface area contributed by atoms with Crippen molar-refractivity contribution in [2.45, 2.75) is 32.4 Å². The average Bonchev–Trinajstić information content (AvgIpc) is 2.74. The highest BCUT2D eigenvalue weighted by atomic mass is 16.6. The van der Waals surface area contributed by atoms with Gasteiger partial charge in [-0.15, -0.1) is 0 Å². The molecule has 5 heteroatoms. The number of methoxy groups -OCH3 is 1. The van der Waals surface area contributed by atoms with Crippen LogP contribution in [0, 0.1) is 5.92 Å². The summed E-state index contributed by atoms with van der Waals surface area (Å²) in [6.45, 7) is 6.26. The third-order valence-electron chi connectivity index (χ3n) is 2.76. The normalized spacial score (nSPS) is 25.8. The highest BCUT2D eigenvalue weighted by molar-refractivity contribution is 5.74. The lowest BCUT2D eigenvalue weighted by Crippen LogP contribution is -2.41. The van der Waals surface area contributed by atoms with Gasteiger partial charge in [0, 0.05) is 13.2 Å². The number of ether oxygens (including phenoxy) is 3. The van der Waals surface area contributed by atoms with Gasteiger partial charge in [0.15, 0.2) is 0 Å². The summed E-state index contributed by atoms with van der Waals surface area (Å²) in [5.74, 6) is -0.387. The molecule has 1 fully saturated rings. The van der Waals surface area contributed by atoms with E-state index in [0.717, 1.165) is 13.0 Å². The molecular formula is C12H23NO4. The van der Waals surface area contributed by atoms with E-state index in [-0.39, 0.29) is 24.0 Å². The van der Waals surface area contributed by atoms with Crippen LogP contribution >= 0.6 is 0 Å². The van der Waals surface area contributed by atoms with E-state index in [9.17, 15) is 4.79 Å². The van der Waals surface area contributed by atoms with E-state index in [4.69, 9.17) is 14.2 Å². The van der Waals surface area contributed by atoms with Gasteiger partial charge in [-0.1, -0.05) is 6.92 Å². The van der Waals surface area contributed by atoms with Gasteiger partial charge in [-0.3, -0.25) is 4.79 Å². The molecule has 1 rings (SSSR count). The quantitative estimate of drug-likeness (QED) is 0.665. The molecule has 17 heavy (non-hydrogen) atoms. The van der Waals surface area contributed by atoms with Gasteiger partial charge in [-0.2, -0.15) is 0 Å². The predicted molar refractivity (Wildman–Crippen MR) is 63.8 cm³/mol. The first-order valence-corrected chi connectivity index (χ1v) is 6.19. The maximum atomic E-state index is 11.9. The fraction of sp³-hybridized carbons (Fsp3) is 0.917. The zero-order chi connectivity index (χ0) is 12.7. The third kappa shape index (κ3) is 4.61. The lowest BCUT2D eigenvalue weighted by molar-refractivity contribution is -0.156. The van der Waals surface area contributed by atoms with Crippen LogP contribution in [0.5, 0.6) is 0 Å². The number of esters is 1. The summed E-state index contributed by atoms with van der Waals surface area (Å²) >= 11 is 0. The Bertz CT molecular complexity index is 235. The molecule has 5 nitrogen and oxygen atoms in total. The van der Waals surface area contributed by atoms with Crippen LogP contribution in [0.1, 0.15) is 20.3 Å². The van der Waals surface area contributed by atoms with Gasteiger partial charge in [0.2, 0.25) is 0 Å². The van der Waals surface area contributed by atoms with Crippen molar-refractivity contribution in [3.8, 4) is 0 Å². The smallest absolute Gasteiger partial charge is 0.313 e. The van der Waals surface area contributed by atoms with Crippen molar-refractivity contribution in [2.75, 3.05) is 33.5 Å². The number of rotatable bonds is 7. The molecule has 1 heterocycles. The van der Waals surface area contributed by atoms with E-state index < -0.39 is 0 Å². The number of carbonyl (C=O) groups excluding carboxylic acids is 1. The van der Waals surface area contributed by atoms with Crippen molar-refractivity contribution < 1.29 is 19.0 Å². The summed E-state index contributed by atoms with van der Waals surface area (Å²) < 4.78 is 15.6. The molecule has 0 aromatic heterocycles. The van der Waals surface area contributed by atoms with Crippen LogP contribution in [0.3, 0.4) is 0 Å². The van der Waals surface area contributed by atoms with Gasteiger partial charge < -0.3 is 19.5 Å². The standard InChI is InChI=1S/C12H23NO4/c1-4-5-13-11-8-16-7-10(11)12(14)17-9(2)6-15-3/h9-11,13H,4-8H2,1-3H3. The molecule has 1 aliphatic heterocycles. The van der Waals surface area contributed by atoms with Crippen molar-refractivity contribution in [3.63, 3.8) is 0 Å². The Labute approximate surface area is 103 Å². The van der Waals surface area contributed by atoms with Crippen LogP contribution in [-0.2, 0) is 19.0 Å². The topological polar surface area (TPSA) is 56.8 Å². The summed E-state index contributed by atoms with van der Waals surface area (Å²) in [5, 5.41) is 3.31. The molecule has 1 aliphatic rings. The molecule has 0 aliphatic carbocycles. The number of hydrogen-bond donors (Lipinski definition) is 1. The summed E-state index contributed by atoms with van der Waals surface area (Å²) in [4.78, 5) is 11.9. The monoisotopic (exact) mass is 245 g/mol. The van der Waals surface area contributed by atoms with Gasteiger partial charge in [0.25, 0.3) is 0 Å². The fourth-order valence-electron chi connectivity index (χ4n) is 1.87. The largest absolute Gasteiger partial charge is 0.460 e. The summed E-state index contributed by atoms with van der Waals surface area (Å²) in [6.07, 6.45) is 0.832. The lowest BCUT2D eigenvalue weighted by atomic mass is 10.0. The van der Waals surface area contributed by atoms with Crippen LogP contribution < -0.4 is 5.32 Å². The Morgan fingerprint density at radius 1 is 1.53 bits per heavy atom. The minimum atomic E-state index is -0.208. The molecule has 3 unspecified atom stereocenters. The van der Waals surface area contributed by atoms with Crippen LogP contribution in [0.4, 0.5) is 0 Å². The molecule has 0 saturated carbocycles. The second-order valence-electron chi connectivity index (χ2n) is 4.41. The van der Waals surface area contributed by atoms with Crippen molar-refractivity contribution in [1.82, 2.24) is 5.32 Å². The Kier molecular flexibility index (Phi) is 6.47. The lowest BCUT2D eigenvalue weighted by Gasteiger charge is -2.20. The number of carbonyl (C=O) groups is 1. The Morgan fingerprint density at radius 3 is 2.94 bits per heavy atom. The first-order chi connectivity index (χ1) is 8.19. The Balaban J connectivity index is 2.38. The van der Waals surface area contributed by atoms with E-state index in [1.165, 1.54) is 0 Å². The van der Waals surface area contributed by atoms with E-state index in [2.05, 4.69) is 12.2 Å². The van der Waals surface area contributed by atoms with E-state index in [1.807, 2.05) is 6.92 Å². The SMILES string of the molecule is CCCNC1COCC1C(=O)OC(C)COC. The van der Waals surface area contributed by atoms with Gasteiger partial charge in [0.05, 0.1) is 25.7 Å². The highest BCUT2D eigenvalue weighted by Crippen LogP contribution is 2.16. The zero-order valence-corrected chi connectivity index (χ0v) is 10.9. The zero-order valence-electron chi connectivity index (χ0n) is 10.9. The first-order valence-electron chi connectivity index (χ1n) is 6.19. The molecule has 0 bridgehead atoms. The average molecular weight is 245 g/mol. The maximum Gasteiger partial charge on any atom is 0.313 e. The minimum absolute atomic E-state index is 0.0807. The molecule has 0 aromatic carbocycles. The molecule has 0 radical (unpaired) electrons. The van der Waals surface area contributed by atoms with Crippen LogP contribution in [0.15, 0.2) is 0 Å². The Hall–Kier alpha value is -0.650. The molecule has 3 atom stereocenters. The van der Waals surface area contributed by atoms with Crippen molar-refractivity contribution in [2.24, 2.45) is 5.92 Å². The van der Waals surface area contributed by atoms with Crippen molar-refractivity contribution in [3.05, 3.63) is 0 Å². The van der Waals surface area contributed by atoms with Crippen molar-refractivity contribution >= 4 is 5.97 Å². The van der Waals surface area contributed by atoms with E-state index in [1.54, 1.807) is 7.11 Å². The molecule has 1 N–H and O–H groups in total. The second-order valence-corrected chi connectivity index (χ2v) is 4.41. The third-order valence-corrected chi connectivity index (χ3v) is 2.76. The van der Waals surface area contributed by atoms with Gasteiger partial charge in [0.1, 0.15) is 6.10 Å². The van der Waals surface area contributed by atoms with E-state index in [0.29, 0.717) is 19.8 Å². The summed E-state index contributed by atoms with van der Waals surface area (Å²) in [5.41, 5.74) is 0. The maximum absolute atomic E-state index is 11.9. The predicted octanol–water partition coefficient (Wildman–Crippen LogP) is 0.579. The Morgan fingerprint density at radius 2 is 2.29 bits per heavy atom. The minimum Gasteiger partial charge on any atom is -0.460 e. The molecule has 1 saturated heterocycles. The molecule has 0 spiro atoms. The number of nitrogens with one attached hydrogen (secondary N) is 1. The molecule has 0 amide bonds. The summed E-state index contributed by atoms with van der Waals surface area (Å²) in [7, 11) is 1.59. The van der Waals surface area contributed by atoms with Crippen LogP contribution in [0.2, 0.25) is 0 Å². The first kappa shape index (κ1) is 14.4. The van der Waals surface area contributed by atoms with Crippen LogP contribution in [-0.4, -0.2) is 51.6 Å². The molecular weight excluding hydrogens is 222 g/mol. The molecule has 0 aromatic rings. The van der Waals surface area contributed by atoms with Gasteiger partial charge in [-0.05, 0) is 19.9 Å². The highest BCUT2D eigenvalue weighted by Gasteiger charge is 2.35. The van der Waals surface area contributed by atoms with Gasteiger partial charge >= 0.3 is 5.97 Å². The van der Waals surface area contributed by atoms with Crippen molar-refractivity contribution in [1.29, 1.82) is 0 Å². The summed E-state index contributed by atoms with van der Waals surface area (Å²) in [6, 6.07) is 0.0807. The second kappa shape index (κ2) is 7.63. The number of hydrogen-bond acceptors (Lipinski definition) is 5.